The molecular formula is C20H36N2O12S2. The van der Waals surface area contributed by atoms with Crippen molar-refractivity contribution >= 4 is 32.3 Å². The first-order valence-corrected chi connectivity index (χ1v) is 14.3. The minimum Gasteiger partial charge on any atom is -0.378 e. The Hall–Kier alpha value is -1.98. The number of hydrogen-bond acceptors (Lipinski definition) is 13. The average molecular weight is 561 g/mol. The highest BCUT2D eigenvalue weighted by atomic mass is 32.2. The number of ether oxygens (including phenoxy) is 4. The van der Waals surface area contributed by atoms with Crippen LogP contribution in [0.4, 0.5) is 4.79 Å². The lowest BCUT2D eigenvalue weighted by atomic mass is 10.1. The van der Waals surface area contributed by atoms with Crippen LogP contribution in [0.2, 0.25) is 0 Å². The Morgan fingerprint density at radius 2 is 1.36 bits per heavy atom. The van der Waals surface area contributed by atoms with Crippen LogP contribution in [0.25, 0.3) is 0 Å². The third-order valence-electron chi connectivity index (χ3n) is 4.80. The van der Waals surface area contributed by atoms with Gasteiger partial charge in [-0.25, -0.2) is 9.59 Å². The second kappa shape index (κ2) is 14.7. The Bertz CT molecular complexity index is 981. The number of rotatable bonds is 15. The Labute approximate surface area is 212 Å². The highest BCUT2D eigenvalue weighted by Crippen LogP contribution is 2.20. The van der Waals surface area contributed by atoms with Crippen molar-refractivity contribution in [2.75, 3.05) is 46.2 Å². The number of nitrogens with one attached hydrogen (secondary N) is 1. The average Bonchev–Trinajstić information content (AvgIpc) is 2.78. The van der Waals surface area contributed by atoms with Gasteiger partial charge in [0.15, 0.2) is 0 Å². The van der Waals surface area contributed by atoms with E-state index in [9.17, 15) is 26.4 Å². The van der Waals surface area contributed by atoms with Crippen LogP contribution in [-0.2, 0) is 52.3 Å². The third-order valence-corrected chi connectivity index (χ3v) is 7.39. The molecule has 0 saturated carbocycles. The quantitative estimate of drug-likeness (QED) is 0.277. The van der Waals surface area contributed by atoms with Gasteiger partial charge in [-0.1, -0.05) is 0 Å². The van der Waals surface area contributed by atoms with Gasteiger partial charge in [0, 0.05) is 32.1 Å². The Balaban J connectivity index is 3.04. The van der Waals surface area contributed by atoms with Crippen LogP contribution >= 0.6 is 0 Å². The van der Waals surface area contributed by atoms with E-state index in [1.54, 1.807) is 27.7 Å². The fourth-order valence-corrected chi connectivity index (χ4v) is 4.94. The van der Waals surface area contributed by atoms with Crippen LogP contribution in [-0.4, -0.2) is 97.0 Å². The maximum Gasteiger partial charge on any atom is 0.427 e. The zero-order valence-corrected chi connectivity index (χ0v) is 23.0. The summed E-state index contributed by atoms with van der Waals surface area (Å²) >= 11 is 0. The largest absolute Gasteiger partial charge is 0.427 e. The molecular weight excluding hydrogens is 524 g/mol. The molecule has 1 N–H and O–H groups in total. The topological polar surface area (TPSA) is 173 Å². The number of carbonyl (C=O) groups excluding carboxylic acids is 2. The fourth-order valence-electron chi connectivity index (χ4n) is 2.98. The first kappa shape index (κ1) is 32.0. The molecule has 36 heavy (non-hydrogen) atoms. The van der Waals surface area contributed by atoms with Crippen LogP contribution in [0.5, 0.6) is 0 Å². The summed E-state index contributed by atoms with van der Waals surface area (Å²) in [5.41, 5.74) is -3.09. The highest BCUT2D eigenvalue weighted by molar-refractivity contribution is 7.87. The summed E-state index contributed by atoms with van der Waals surface area (Å²) in [6, 6.07) is 0. The third kappa shape index (κ3) is 9.15. The van der Waals surface area contributed by atoms with E-state index in [4.69, 9.17) is 27.3 Å². The lowest BCUT2D eigenvalue weighted by Gasteiger charge is -2.35. The maximum atomic E-state index is 12.7. The summed E-state index contributed by atoms with van der Waals surface area (Å²) in [6.45, 7) is 8.73. The molecule has 0 radical (unpaired) electrons. The minimum absolute atomic E-state index is 0.0224. The molecule has 0 saturated heterocycles. The molecule has 16 heteroatoms. The molecule has 3 atom stereocenters. The number of nitrogens with zero attached hydrogens (tertiary/aromatic N) is 1. The van der Waals surface area contributed by atoms with Crippen molar-refractivity contribution in [3.05, 3.63) is 11.3 Å². The zero-order valence-electron chi connectivity index (χ0n) is 21.3. The summed E-state index contributed by atoms with van der Waals surface area (Å²) in [7, 11) is -9.12. The number of carbonyl (C=O) groups is 2. The number of allylic oxidation sites excluding steroid dienone is 1. The molecule has 1 aliphatic heterocycles. The van der Waals surface area contributed by atoms with Crippen molar-refractivity contribution < 1.29 is 53.7 Å². The molecule has 0 aromatic rings. The second-order valence-electron chi connectivity index (χ2n) is 7.35. The minimum atomic E-state index is -4.56. The predicted octanol–water partition coefficient (Wildman–Crippen LogP) is 0.649. The molecule has 0 bridgehead atoms. The summed E-state index contributed by atoms with van der Waals surface area (Å²) in [6.07, 6.45) is -2.10. The standard InChI is InChI=1S/C20H36N2O12S2/c1-7-29-12-17(31-9-3)35(25,26)33-19(23)16-11-22(15(6)21-14(16)5)20(24)34-36(27,28)18(32-10-4)13-30-8-2/h15,17-18,21H,7-13H2,1-6H3. The molecule has 0 fully saturated rings. The predicted molar refractivity (Wildman–Crippen MR) is 126 cm³/mol. The Morgan fingerprint density at radius 1 is 0.889 bits per heavy atom. The summed E-state index contributed by atoms with van der Waals surface area (Å²) < 4.78 is 80.2. The Morgan fingerprint density at radius 3 is 1.81 bits per heavy atom. The van der Waals surface area contributed by atoms with Crippen molar-refractivity contribution in [1.29, 1.82) is 0 Å². The molecule has 1 rings (SSSR count). The van der Waals surface area contributed by atoms with Gasteiger partial charge in [-0.05, 0) is 41.5 Å². The van der Waals surface area contributed by atoms with E-state index in [0.29, 0.717) is 0 Å². The van der Waals surface area contributed by atoms with E-state index in [-0.39, 0.29) is 50.9 Å². The normalized spacial score (nSPS) is 18.4. The molecule has 1 aliphatic rings. The molecule has 0 aromatic heterocycles. The zero-order chi connectivity index (χ0) is 27.5. The highest BCUT2D eigenvalue weighted by Gasteiger charge is 2.39. The van der Waals surface area contributed by atoms with Crippen molar-refractivity contribution in [2.24, 2.45) is 0 Å². The van der Waals surface area contributed by atoms with Gasteiger partial charge in [0.1, 0.15) is 6.17 Å². The summed E-state index contributed by atoms with van der Waals surface area (Å²) in [4.78, 5) is 26.4. The first-order valence-electron chi connectivity index (χ1n) is 11.4. The van der Waals surface area contributed by atoms with E-state index >= 15 is 0 Å². The molecule has 0 aliphatic carbocycles. The number of hydrogen-bond donors (Lipinski definition) is 1. The molecule has 0 aromatic carbocycles. The van der Waals surface area contributed by atoms with E-state index in [1.807, 2.05) is 0 Å². The smallest absolute Gasteiger partial charge is 0.378 e. The van der Waals surface area contributed by atoms with Gasteiger partial charge in [0.2, 0.25) is 10.9 Å². The van der Waals surface area contributed by atoms with Gasteiger partial charge in [0.25, 0.3) is 0 Å². The van der Waals surface area contributed by atoms with Crippen molar-refractivity contribution in [3.8, 4) is 0 Å². The van der Waals surface area contributed by atoms with Crippen LogP contribution in [0.3, 0.4) is 0 Å². The Kier molecular flexibility index (Phi) is 13.1. The molecule has 1 amide bonds. The summed E-state index contributed by atoms with van der Waals surface area (Å²) in [5, 5.41) is 2.79. The van der Waals surface area contributed by atoms with Crippen molar-refractivity contribution in [1.82, 2.24) is 10.2 Å². The summed E-state index contributed by atoms with van der Waals surface area (Å²) in [5.74, 6) is -1.27. The SMILES string of the molecule is CCOCC(OCC)S(=O)(=O)OC(=O)C1=C(C)NC(C)N(C(=O)OS(=O)(=O)C(COCC)OCC)C1. The van der Waals surface area contributed by atoms with Gasteiger partial charge in [-0.2, -0.15) is 16.8 Å². The van der Waals surface area contributed by atoms with Gasteiger partial charge in [-0.15, -0.1) is 0 Å². The van der Waals surface area contributed by atoms with Crippen molar-refractivity contribution in [2.45, 2.75) is 58.6 Å². The van der Waals surface area contributed by atoms with Crippen LogP contribution in [0.1, 0.15) is 41.5 Å². The molecule has 3 unspecified atom stereocenters. The van der Waals surface area contributed by atoms with Crippen LogP contribution < -0.4 is 5.32 Å². The van der Waals surface area contributed by atoms with Gasteiger partial charge in [0.05, 0.1) is 25.3 Å². The van der Waals surface area contributed by atoms with Crippen molar-refractivity contribution in [3.63, 3.8) is 0 Å². The van der Waals surface area contributed by atoms with Gasteiger partial charge in [-0.3, -0.25) is 4.90 Å². The monoisotopic (exact) mass is 560 g/mol. The number of amides is 1. The van der Waals surface area contributed by atoms with E-state index in [1.165, 1.54) is 13.8 Å². The van der Waals surface area contributed by atoms with Gasteiger partial charge < -0.3 is 32.6 Å². The molecule has 1 heterocycles. The molecule has 210 valence electrons. The molecule has 14 nitrogen and oxygen atoms in total. The van der Waals surface area contributed by atoms with Gasteiger partial charge >= 0.3 is 32.3 Å². The maximum absolute atomic E-state index is 12.7. The van der Waals surface area contributed by atoms with E-state index < -0.39 is 55.9 Å². The van der Waals surface area contributed by atoms with Crippen LogP contribution in [0.15, 0.2) is 11.3 Å². The van der Waals surface area contributed by atoms with E-state index in [2.05, 4.69) is 5.32 Å². The van der Waals surface area contributed by atoms with Crippen LogP contribution in [0, 0.1) is 0 Å². The lowest BCUT2D eigenvalue weighted by molar-refractivity contribution is -0.130. The lowest BCUT2D eigenvalue weighted by Crippen LogP contribution is -2.53. The van der Waals surface area contributed by atoms with E-state index in [0.717, 1.165) is 4.90 Å². The first-order chi connectivity index (χ1) is 16.8. The fraction of sp³-hybridized carbons (Fsp3) is 0.800. The molecule has 0 spiro atoms. The second-order valence-corrected chi connectivity index (χ2v) is 10.7.